The van der Waals surface area contributed by atoms with Gasteiger partial charge in [0.05, 0.1) is 5.39 Å². The van der Waals surface area contributed by atoms with Crippen LogP contribution in [-0.4, -0.2) is 28.5 Å². The highest BCUT2D eigenvalue weighted by Crippen LogP contribution is 2.35. The smallest absolute Gasteiger partial charge is 0.344 e. The number of likely N-dealkylation sites (tertiary alicyclic amines) is 1. The molecule has 1 amide bonds. The second-order valence-corrected chi connectivity index (χ2v) is 9.47. The van der Waals surface area contributed by atoms with E-state index in [-0.39, 0.29) is 23.3 Å². The third-order valence-electron chi connectivity index (χ3n) is 7.11. The van der Waals surface area contributed by atoms with Gasteiger partial charge in [0.15, 0.2) is 0 Å². The Labute approximate surface area is 196 Å². The second-order valence-electron chi connectivity index (χ2n) is 9.47. The molecular formula is C28H24N2O4. The molecule has 1 fully saturated rings. The minimum absolute atomic E-state index is 0.0321. The summed E-state index contributed by atoms with van der Waals surface area (Å²) < 4.78 is 7.41. The predicted octanol–water partition coefficient (Wildman–Crippen LogP) is 4.19. The van der Waals surface area contributed by atoms with Crippen LogP contribution in [0.2, 0.25) is 0 Å². The monoisotopic (exact) mass is 452 g/mol. The van der Waals surface area contributed by atoms with Gasteiger partial charge in [0.2, 0.25) is 0 Å². The van der Waals surface area contributed by atoms with Crippen LogP contribution in [0.5, 0.6) is 0 Å². The van der Waals surface area contributed by atoms with Gasteiger partial charge in [-0.3, -0.25) is 9.59 Å². The maximum absolute atomic E-state index is 13.5. The molecule has 6 nitrogen and oxygen atoms in total. The third kappa shape index (κ3) is 3.46. The van der Waals surface area contributed by atoms with Gasteiger partial charge in [0, 0.05) is 48.4 Å². The van der Waals surface area contributed by atoms with Gasteiger partial charge in [-0.15, -0.1) is 0 Å². The Morgan fingerprint density at radius 3 is 2.59 bits per heavy atom. The van der Waals surface area contributed by atoms with E-state index in [1.807, 2.05) is 52.8 Å². The number of rotatable bonds is 2. The molecule has 34 heavy (non-hydrogen) atoms. The third-order valence-corrected chi connectivity index (χ3v) is 7.11. The Balaban J connectivity index is 1.33. The lowest BCUT2D eigenvalue weighted by molar-refractivity contribution is 0.0594. The normalized spacial score (nSPS) is 19.1. The van der Waals surface area contributed by atoms with Gasteiger partial charge >= 0.3 is 5.63 Å². The Morgan fingerprint density at radius 2 is 1.76 bits per heavy atom. The predicted molar refractivity (Wildman–Crippen MR) is 130 cm³/mol. The molecule has 0 aliphatic carbocycles. The first-order valence-electron chi connectivity index (χ1n) is 11.6. The van der Waals surface area contributed by atoms with Gasteiger partial charge in [0.25, 0.3) is 11.5 Å². The molecule has 6 heteroatoms. The summed E-state index contributed by atoms with van der Waals surface area (Å²) in [5, 5.41) is 1.14. The summed E-state index contributed by atoms with van der Waals surface area (Å²) in [5.41, 5.74) is 3.13. The largest absolute Gasteiger partial charge is 0.422 e. The highest BCUT2D eigenvalue weighted by atomic mass is 16.4. The molecule has 0 spiro atoms. The number of carbonyl (C=O) groups excluding carboxylic acids is 1. The zero-order chi connectivity index (χ0) is 23.4. The number of aromatic nitrogens is 1. The van der Waals surface area contributed by atoms with Gasteiger partial charge in [0.1, 0.15) is 5.76 Å². The highest BCUT2D eigenvalue weighted by Gasteiger charge is 2.36. The van der Waals surface area contributed by atoms with Crippen molar-refractivity contribution in [3.63, 3.8) is 0 Å². The van der Waals surface area contributed by atoms with Gasteiger partial charge in [-0.2, -0.15) is 0 Å². The molecule has 6 rings (SSSR count). The summed E-state index contributed by atoms with van der Waals surface area (Å²) in [6.07, 6.45) is 0.992. The lowest BCUT2D eigenvalue weighted by atomic mass is 9.83. The Hall–Kier alpha value is -3.93. The van der Waals surface area contributed by atoms with Gasteiger partial charge < -0.3 is 13.9 Å². The number of piperidine rings is 1. The molecule has 170 valence electrons. The number of carbonyl (C=O) groups is 1. The fourth-order valence-electron chi connectivity index (χ4n) is 5.43. The van der Waals surface area contributed by atoms with Crippen LogP contribution in [0.4, 0.5) is 0 Å². The lowest BCUT2D eigenvalue weighted by Crippen LogP contribution is -2.49. The van der Waals surface area contributed by atoms with E-state index in [9.17, 15) is 14.4 Å². The van der Waals surface area contributed by atoms with E-state index in [1.165, 1.54) is 0 Å². The molecule has 0 radical (unpaired) electrons. The van der Waals surface area contributed by atoms with Crippen molar-refractivity contribution in [3.05, 3.63) is 104 Å². The first-order chi connectivity index (χ1) is 16.5. The first kappa shape index (κ1) is 20.7. The van der Waals surface area contributed by atoms with E-state index in [0.29, 0.717) is 41.7 Å². The van der Waals surface area contributed by atoms with Crippen LogP contribution in [0.15, 0.2) is 80.7 Å². The van der Waals surface area contributed by atoms with E-state index in [0.717, 1.165) is 23.2 Å². The number of hydrogen-bond donors (Lipinski definition) is 0. The van der Waals surface area contributed by atoms with Crippen molar-refractivity contribution in [1.29, 1.82) is 0 Å². The van der Waals surface area contributed by atoms with Crippen molar-refractivity contribution >= 4 is 16.7 Å². The summed E-state index contributed by atoms with van der Waals surface area (Å²) in [5.74, 6) is 0.854. The number of aryl methyl sites for hydroxylation is 1. The summed E-state index contributed by atoms with van der Waals surface area (Å²) in [6, 6.07) is 20.2. The maximum Gasteiger partial charge on any atom is 0.344 e. The molecule has 2 unspecified atom stereocenters. The van der Waals surface area contributed by atoms with Crippen LogP contribution in [0.3, 0.4) is 0 Å². The molecule has 4 aromatic rings. The zero-order valence-corrected chi connectivity index (χ0v) is 18.9. The van der Waals surface area contributed by atoms with Gasteiger partial charge in [-0.1, -0.05) is 35.9 Å². The van der Waals surface area contributed by atoms with Crippen LogP contribution >= 0.6 is 0 Å². The lowest BCUT2D eigenvalue weighted by Gasteiger charge is -2.42. The molecule has 2 aliphatic heterocycles. The molecule has 4 heterocycles. The van der Waals surface area contributed by atoms with E-state index < -0.39 is 5.63 Å². The fraction of sp³-hybridized carbons (Fsp3) is 0.250. The highest BCUT2D eigenvalue weighted by molar-refractivity contribution is 5.99. The SMILES string of the molecule is Cc1ccc(-c2cc3cc(C(=O)N4CC5CC(C4)c4cccc(=O)n4C5)ccc3c(=O)o2)cc1. The Kier molecular flexibility index (Phi) is 4.76. The van der Waals surface area contributed by atoms with E-state index in [1.54, 1.807) is 30.3 Å². The van der Waals surface area contributed by atoms with Crippen LogP contribution in [0.25, 0.3) is 22.1 Å². The summed E-state index contributed by atoms with van der Waals surface area (Å²) >= 11 is 0. The van der Waals surface area contributed by atoms with Crippen LogP contribution in [0, 0.1) is 12.8 Å². The van der Waals surface area contributed by atoms with Crippen LogP contribution in [-0.2, 0) is 6.54 Å². The minimum Gasteiger partial charge on any atom is -0.422 e. The first-order valence-corrected chi connectivity index (χ1v) is 11.6. The summed E-state index contributed by atoms with van der Waals surface area (Å²) in [7, 11) is 0. The van der Waals surface area contributed by atoms with Crippen LogP contribution < -0.4 is 11.2 Å². The molecule has 2 atom stereocenters. The Morgan fingerprint density at radius 1 is 0.941 bits per heavy atom. The number of nitrogens with zero attached hydrogens (tertiary/aromatic N) is 2. The number of fused-ring (bicyclic) bond motifs is 5. The summed E-state index contributed by atoms with van der Waals surface area (Å²) in [4.78, 5) is 40.3. The van der Waals surface area contributed by atoms with Crippen molar-refractivity contribution in [2.45, 2.75) is 25.8 Å². The maximum atomic E-state index is 13.5. The number of hydrogen-bond acceptors (Lipinski definition) is 4. The number of benzene rings is 2. The molecule has 0 N–H and O–H groups in total. The van der Waals surface area contributed by atoms with E-state index in [4.69, 9.17) is 4.42 Å². The van der Waals surface area contributed by atoms with E-state index >= 15 is 0 Å². The number of amides is 1. The zero-order valence-electron chi connectivity index (χ0n) is 18.9. The quantitative estimate of drug-likeness (QED) is 0.457. The molecule has 2 aliphatic rings. The van der Waals surface area contributed by atoms with Crippen molar-refractivity contribution in [1.82, 2.24) is 9.47 Å². The molecule has 2 aromatic heterocycles. The molecule has 2 aromatic carbocycles. The standard InChI is InChI=1S/C28H24N2O4/c1-17-5-7-19(8-6-17)25-13-21-12-20(9-10-23(21)28(33)34-25)27(32)29-14-18-11-22(16-29)24-3-2-4-26(31)30(24)15-18/h2-10,12-13,18,22H,11,14-16H2,1H3. The molecule has 2 bridgehead atoms. The van der Waals surface area contributed by atoms with Gasteiger partial charge in [-0.05, 0) is 55.0 Å². The average molecular weight is 453 g/mol. The van der Waals surface area contributed by atoms with E-state index in [2.05, 4.69) is 0 Å². The van der Waals surface area contributed by atoms with Crippen molar-refractivity contribution in [2.24, 2.45) is 5.92 Å². The second kappa shape index (κ2) is 7.83. The minimum atomic E-state index is -0.415. The summed E-state index contributed by atoms with van der Waals surface area (Å²) in [6.45, 7) is 3.86. The molecule has 1 saturated heterocycles. The van der Waals surface area contributed by atoms with Crippen LogP contribution in [0.1, 0.15) is 34.0 Å². The topological polar surface area (TPSA) is 72.5 Å². The van der Waals surface area contributed by atoms with Gasteiger partial charge in [-0.25, -0.2) is 4.79 Å². The Bertz CT molecular complexity index is 1550. The molecular weight excluding hydrogens is 428 g/mol. The number of pyridine rings is 1. The van der Waals surface area contributed by atoms with Crippen molar-refractivity contribution in [3.8, 4) is 11.3 Å². The van der Waals surface area contributed by atoms with Crippen molar-refractivity contribution < 1.29 is 9.21 Å². The average Bonchev–Trinajstić information content (AvgIpc) is 2.84. The molecule has 0 saturated carbocycles. The van der Waals surface area contributed by atoms with Crippen molar-refractivity contribution in [2.75, 3.05) is 13.1 Å². The fourth-order valence-corrected chi connectivity index (χ4v) is 5.43.